The summed E-state index contributed by atoms with van der Waals surface area (Å²) >= 11 is 1.50. The minimum Gasteiger partial charge on any atom is -0.497 e. The number of para-hydroxylation sites is 2. The smallest absolute Gasteiger partial charge is 0.262 e. The number of amides is 1. The van der Waals surface area contributed by atoms with E-state index in [1.807, 2.05) is 79.7 Å². The van der Waals surface area contributed by atoms with E-state index in [1.54, 1.807) is 18.9 Å². The van der Waals surface area contributed by atoms with Gasteiger partial charge in [-0.3, -0.25) is 9.69 Å². The van der Waals surface area contributed by atoms with Crippen LogP contribution in [0.5, 0.6) is 5.75 Å². The molecule has 1 heterocycles. The Labute approximate surface area is 185 Å². The Morgan fingerprint density at radius 3 is 2.61 bits per heavy atom. The lowest BCUT2D eigenvalue weighted by molar-refractivity contribution is -0.128. The standard InChI is InChI=1S/C25H24N2O3S/c1-17-9-4-6-13-22(17)27(25-26-21-12-5-7-14-23(21)31-25)24(28)18(2)30-16-19-10-8-11-20(15-19)29-3/h4-15,18H,16H2,1-3H3. The summed E-state index contributed by atoms with van der Waals surface area (Å²) in [6.45, 7) is 4.08. The van der Waals surface area contributed by atoms with Crippen LogP contribution in [-0.2, 0) is 16.1 Å². The van der Waals surface area contributed by atoms with E-state index >= 15 is 0 Å². The van der Waals surface area contributed by atoms with Gasteiger partial charge in [0.1, 0.15) is 11.9 Å². The van der Waals surface area contributed by atoms with Crippen LogP contribution in [0.25, 0.3) is 10.2 Å². The number of thiazole rings is 1. The van der Waals surface area contributed by atoms with Gasteiger partial charge >= 0.3 is 0 Å². The molecule has 0 bridgehead atoms. The number of aromatic nitrogens is 1. The average molecular weight is 433 g/mol. The van der Waals surface area contributed by atoms with Gasteiger partial charge in [-0.2, -0.15) is 0 Å². The number of rotatable bonds is 7. The first-order valence-electron chi connectivity index (χ1n) is 10.1. The Hall–Kier alpha value is -3.22. The molecule has 31 heavy (non-hydrogen) atoms. The van der Waals surface area contributed by atoms with Gasteiger partial charge in [0, 0.05) is 0 Å². The van der Waals surface area contributed by atoms with Crippen LogP contribution in [0.1, 0.15) is 18.1 Å². The molecule has 0 aliphatic rings. The third-order valence-electron chi connectivity index (χ3n) is 5.03. The molecule has 1 atom stereocenters. The lowest BCUT2D eigenvalue weighted by Gasteiger charge is -2.25. The number of fused-ring (bicyclic) bond motifs is 1. The van der Waals surface area contributed by atoms with Crippen LogP contribution in [0.4, 0.5) is 10.8 Å². The molecule has 0 spiro atoms. The molecule has 1 amide bonds. The van der Waals surface area contributed by atoms with E-state index < -0.39 is 6.10 Å². The predicted octanol–water partition coefficient (Wildman–Crippen LogP) is 5.88. The highest BCUT2D eigenvalue weighted by molar-refractivity contribution is 7.22. The fourth-order valence-corrected chi connectivity index (χ4v) is 4.31. The lowest BCUT2D eigenvalue weighted by atomic mass is 10.1. The molecule has 6 heteroatoms. The zero-order valence-electron chi connectivity index (χ0n) is 17.7. The first-order chi connectivity index (χ1) is 15.1. The van der Waals surface area contributed by atoms with E-state index in [-0.39, 0.29) is 5.91 Å². The maximum atomic E-state index is 13.6. The molecule has 158 valence electrons. The minimum absolute atomic E-state index is 0.156. The maximum absolute atomic E-state index is 13.6. The highest BCUT2D eigenvalue weighted by Crippen LogP contribution is 2.35. The lowest BCUT2D eigenvalue weighted by Crippen LogP contribution is -2.36. The molecular formula is C25H24N2O3S. The maximum Gasteiger partial charge on any atom is 0.262 e. The quantitative estimate of drug-likeness (QED) is 0.366. The predicted molar refractivity (Wildman–Crippen MR) is 125 cm³/mol. The number of aryl methyl sites for hydroxylation is 1. The molecule has 0 saturated carbocycles. The second kappa shape index (κ2) is 9.29. The summed E-state index contributed by atoms with van der Waals surface area (Å²) in [5.41, 5.74) is 3.62. The van der Waals surface area contributed by atoms with E-state index in [0.29, 0.717) is 11.7 Å². The van der Waals surface area contributed by atoms with Crippen molar-refractivity contribution in [1.82, 2.24) is 4.98 Å². The largest absolute Gasteiger partial charge is 0.497 e. The molecule has 3 aromatic carbocycles. The monoisotopic (exact) mass is 432 g/mol. The number of carbonyl (C=O) groups is 1. The van der Waals surface area contributed by atoms with Crippen LogP contribution in [0, 0.1) is 6.92 Å². The number of hydrogen-bond donors (Lipinski definition) is 0. The average Bonchev–Trinajstić information content (AvgIpc) is 3.22. The number of anilines is 2. The van der Waals surface area contributed by atoms with Crippen LogP contribution < -0.4 is 9.64 Å². The molecule has 0 fully saturated rings. The summed E-state index contributed by atoms with van der Waals surface area (Å²) in [6.07, 6.45) is -0.655. The van der Waals surface area contributed by atoms with Gasteiger partial charge in [0.25, 0.3) is 5.91 Å². The minimum atomic E-state index is -0.655. The molecule has 1 aromatic heterocycles. The normalized spacial score (nSPS) is 12.0. The van der Waals surface area contributed by atoms with Crippen LogP contribution in [0.15, 0.2) is 72.8 Å². The topological polar surface area (TPSA) is 51.7 Å². The van der Waals surface area contributed by atoms with Crippen molar-refractivity contribution in [3.05, 3.63) is 83.9 Å². The van der Waals surface area contributed by atoms with Gasteiger partial charge in [0.05, 0.1) is 29.6 Å². The van der Waals surface area contributed by atoms with Crippen LogP contribution in [-0.4, -0.2) is 24.1 Å². The number of carbonyl (C=O) groups excluding carboxylic acids is 1. The molecule has 0 N–H and O–H groups in total. The highest BCUT2D eigenvalue weighted by atomic mass is 32.1. The van der Waals surface area contributed by atoms with Gasteiger partial charge in [-0.15, -0.1) is 0 Å². The number of benzene rings is 3. The summed E-state index contributed by atoms with van der Waals surface area (Å²) in [4.78, 5) is 20.0. The SMILES string of the molecule is COc1cccc(COC(C)C(=O)N(c2nc3ccccc3s2)c2ccccc2C)c1. The number of methoxy groups -OCH3 is 1. The molecule has 4 rings (SSSR count). The second-order valence-corrected chi connectivity index (χ2v) is 8.24. The first-order valence-corrected chi connectivity index (χ1v) is 10.9. The van der Waals surface area contributed by atoms with Crippen molar-refractivity contribution in [2.75, 3.05) is 12.0 Å². The van der Waals surface area contributed by atoms with Crippen molar-refractivity contribution in [3.8, 4) is 5.75 Å². The summed E-state index contributed by atoms with van der Waals surface area (Å²) in [6, 6.07) is 23.4. The van der Waals surface area contributed by atoms with Crippen LogP contribution in [0.2, 0.25) is 0 Å². The molecule has 0 aliphatic carbocycles. The van der Waals surface area contributed by atoms with Gasteiger partial charge in [-0.25, -0.2) is 4.98 Å². The summed E-state index contributed by atoms with van der Waals surface area (Å²) in [7, 11) is 1.63. The van der Waals surface area contributed by atoms with Crippen LogP contribution >= 0.6 is 11.3 Å². The Kier molecular flexibility index (Phi) is 6.30. The fourth-order valence-electron chi connectivity index (χ4n) is 3.32. The molecule has 0 saturated heterocycles. The van der Waals surface area contributed by atoms with E-state index in [9.17, 15) is 4.79 Å². The first kappa shape index (κ1) is 21.0. The number of hydrogen-bond acceptors (Lipinski definition) is 5. The zero-order chi connectivity index (χ0) is 21.8. The van der Waals surface area contributed by atoms with Gasteiger partial charge in [-0.05, 0) is 55.3 Å². The van der Waals surface area contributed by atoms with E-state index in [1.165, 1.54) is 11.3 Å². The van der Waals surface area contributed by atoms with E-state index in [0.717, 1.165) is 32.8 Å². The second-order valence-electron chi connectivity index (χ2n) is 7.23. The van der Waals surface area contributed by atoms with Crippen molar-refractivity contribution in [2.24, 2.45) is 0 Å². The zero-order valence-corrected chi connectivity index (χ0v) is 18.6. The third kappa shape index (κ3) is 4.60. The summed E-state index contributed by atoms with van der Waals surface area (Å²) < 4.78 is 12.3. The van der Waals surface area contributed by atoms with Gasteiger partial charge < -0.3 is 9.47 Å². The summed E-state index contributed by atoms with van der Waals surface area (Å²) in [5.74, 6) is 0.604. The van der Waals surface area contributed by atoms with Crippen LogP contribution in [0.3, 0.4) is 0 Å². The van der Waals surface area contributed by atoms with E-state index in [4.69, 9.17) is 14.5 Å². The Morgan fingerprint density at radius 1 is 1.06 bits per heavy atom. The molecule has 1 unspecified atom stereocenters. The molecule has 4 aromatic rings. The van der Waals surface area contributed by atoms with Crippen molar-refractivity contribution in [1.29, 1.82) is 0 Å². The molecule has 0 radical (unpaired) electrons. The van der Waals surface area contributed by atoms with Gasteiger partial charge in [0.2, 0.25) is 0 Å². The van der Waals surface area contributed by atoms with Crippen molar-refractivity contribution >= 4 is 38.3 Å². The molecule has 5 nitrogen and oxygen atoms in total. The Bertz CT molecular complexity index is 1170. The molecular weight excluding hydrogens is 408 g/mol. The van der Waals surface area contributed by atoms with Crippen molar-refractivity contribution < 1.29 is 14.3 Å². The van der Waals surface area contributed by atoms with Crippen molar-refractivity contribution in [2.45, 2.75) is 26.6 Å². The van der Waals surface area contributed by atoms with Gasteiger partial charge in [-0.1, -0.05) is 53.8 Å². The Morgan fingerprint density at radius 2 is 1.84 bits per heavy atom. The highest BCUT2D eigenvalue weighted by Gasteiger charge is 2.28. The summed E-state index contributed by atoms with van der Waals surface area (Å²) in [5, 5.41) is 0.636. The van der Waals surface area contributed by atoms with Gasteiger partial charge in [0.15, 0.2) is 5.13 Å². The Balaban J connectivity index is 1.62. The number of nitrogens with zero attached hydrogens (tertiary/aromatic N) is 2. The van der Waals surface area contributed by atoms with Crippen molar-refractivity contribution in [3.63, 3.8) is 0 Å². The third-order valence-corrected chi connectivity index (χ3v) is 6.05. The fraction of sp³-hybridized carbons (Fsp3) is 0.200. The van der Waals surface area contributed by atoms with E-state index in [2.05, 4.69) is 0 Å². The number of ether oxygens (including phenoxy) is 2. The molecule has 0 aliphatic heterocycles.